The number of carbonyl (C=O) groups excluding carboxylic acids is 1. The summed E-state index contributed by atoms with van der Waals surface area (Å²) < 4.78 is 0. The lowest BCUT2D eigenvalue weighted by Gasteiger charge is -2.15. The molecule has 2 nitrogen and oxygen atoms in total. The number of fused-ring (bicyclic) bond motifs is 1. The summed E-state index contributed by atoms with van der Waals surface area (Å²) in [7, 11) is 0. The standard InChI is InChI=1S/C17H21NO/c1-12(2)11-13(3)17(19)18-16-10-6-8-14-7-4-5-9-15(14)16/h4-10,12-13H,11H2,1-3H3,(H,18,19). The second-order valence-corrected chi connectivity index (χ2v) is 5.55. The van der Waals surface area contributed by atoms with Gasteiger partial charge >= 0.3 is 0 Å². The summed E-state index contributed by atoms with van der Waals surface area (Å²) in [5, 5.41) is 5.29. The van der Waals surface area contributed by atoms with Crippen LogP contribution >= 0.6 is 0 Å². The van der Waals surface area contributed by atoms with Crippen LogP contribution in [-0.2, 0) is 4.79 Å². The van der Waals surface area contributed by atoms with Crippen molar-refractivity contribution < 1.29 is 4.79 Å². The number of nitrogens with one attached hydrogen (secondary N) is 1. The smallest absolute Gasteiger partial charge is 0.227 e. The quantitative estimate of drug-likeness (QED) is 0.858. The molecule has 100 valence electrons. The third-order valence-electron chi connectivity index (χ3n) is 3.32. The highest BCUT2D eigenvalue weighted by molar-refractivity contribution is 6.02. The molecule has 0 aromatic heterocycles. The third-order valence-corrected chi connectivity index (χ3v) is 3.32. The first kappa shape index (κ1) is 13.6. The summed E-state index contributed by atoms with van der Waals surface area (Å²) in [4.78, 5) is 12.2. The number of anilines is 1. The Kier molecular flexibility index (Phi) is 4.20. The Labute approximate surface area is 114 Å². The molecule has 0 saturated carbocycles. The lowest BCUT2D eigenvalue weighted by atomic mass is 9.98. The van der Waals surface area contributed by atoms with Crippen molar-refractivity contribution in [3.8, 4) is 0 Å². The largest absolute Gasteiger partial charge is 0.325 e. The lowest BCUT2D eigenvalue weighted by molar-refractivity contribution is -0.119. The maximum atomic E-state index is 12.2. The van der Waals surface area contributed by atoms with E-state index < -0.39 is 0 Å². The fourth-order valence-corrected chi connectivity index (χ4v) is 2.40. The SMILES string of the molecule is CC(C)CC(C)C(=O)Nc1cccc2ccccc12. The van der Waals surface area contributed by atoms with Crippen molar-refractivity contribution in [3.05, 3.63) is 42.5 Å². The molecule has 0 aliphatic carbocycles. The van der Waals surface area contributed by atoms with E-state index in [0.717, 1.165) is 22.9 Å². The van der Waals surface area contributed by atoms with Crippen molar-refractivity contribution in [2.24, 2.45) is 11.8 Å². The summed E-state index contributed by atoms with van der Waals surface area (Å²) in [6.07, 6.45) is 0.913. The van der Waals surface area contributed by atoms with Crippen LogP contribution in [0.5, 0.6) is 0 Å². The molecule has 0 saturated heterocycles. The average molecular weight is 255 g/mol. The summed E-state index contributed by atoms with van der Waals surface area (Å²) in [5.41, 5.74) is 0.902. The van der Waals surface area contributed by atoms with Crippen LogP contribution in [0.1, 0.15) is 27.2 Å². The van der Waals surface area contributed by atoms with E-state index in [1.54, 1.807) is 0 Å². The van der Waals surface area contributed by atoms with Gasteiger partial charge in [0.25, 0.3) is 0 Å². The van der Waals surface area contributed by atoms with Crippen LogP contribution in [0.2, 0.25) is 0 Å². The normalized spacial score (nSPS) is 12.6. The van der Waals surface area contributed by atoms with Crippen LogP contribution in [0.4, 0.5) is 5.69 Å². The zero-order valence-corrected chi connectivity index (χ0v) is 11.8. The minimum Gasteiger partial charge on any atom is -0.325 e. The molecular formula is C17H21NO. The number of carbonyl (C=O) groups is 1. The van der Waals surface area contributed by atoms with E-state index in [4.69, 9.17) is 0 Å². The van der Waals surface area contributed by atoms with Gasteiger partial charge in [0.2, 0.25) is 5.91 Å². The van der Waals surface area contributed by atoms with E-state index in [1.165, 1.54) is 0 Å². The van der Waals surface area contributed by atoms with Crippen LogP contribution < -0.4 is 5.32 Å². The molecule has 2 heteroatoms. The van der Waals surface area contributed by atoms with Crippen molar-refractivity contribution in [2.75, 3.05) is 5.32 Å². The second kappa shape index (κ2) is 5.87. The molecule has 1 atom stereocenters. The Morgan fingerprint density at radius 3 is 2.47 bits per heavy atom. The van der Waals surface area contributed by atoms with Crippen LogP contribution in [0.3, 0.4) is 0 Å². The lowest BCUT2D eigenvalue weighted by Crippen LogP contribution is -2.21. The van der Waals surface area contributed by atoms with Crippen molar-refractivity contribution >= 4 is 22.4 Å². The van der Waals surface area contributed by atoms with E-state index in [1.807, 2.05) is 37.3 Å². The number of hydrogen-bond donors (Lipinski definition) is 1. The van der Waals surface area contributed by atoms with E-state index in [-0.39, 0.29) is 11.8 Å². The summed E-state index contributed by atoms with van der Waals surface area (Å²) in [6, 6.07) is 14.1. The number of benzene rings is 2. The molecule has 0 spiro atoms. The third kappa shape index (κ3) is 3.34. The van der Waals surface area contributed by atoms with Gasteiger partial charge in [-0.2, -0.15) is 0 Å². The molecule has 2 aromatic rings. The van der Waals surface area contributed by atoms with Gasteiger partial charge in [-0.25, -0.2) is 0 Å². The van der Waals surface area contributed by atoms with Crippen LogP contribution in [0.25, 0.3) is 10.8 Å². The molecule has 2 rings (SSSR count). The molecule has 0 radical (unpaired) electrons. The van der Waals surface area contributed by atoms with Gasteiger partial charge in [0, 0.05) is 17.0 Å². The maximum Gasteiger partial charge on any atom is 0.227 e. The van der Waals surface area contributed by atoms with Gasteiger partial charge in [0.15, 0.2) is 0 Å². The molecule has 2 aromatic carbocycles. The van der Waals surface area contributed by atoms with Gasteiger partial charge < -0.3 is 5.32 Å². The van der Waals surface area contributed by atoms with Gasteiger partial charge in [0.05, 0.1) is 0 Å². The van der Waals surface area contributed by atoms with Crippen LogP contribution in [-0.4, -0.2) is 5.91 Å². The Hall–Kier alpha value is -1.83. The van der Waals surface area contributed by atoms with Crippen molar-refractivity contribution in [3.63, 3.8) is 0 Å². The first-order chi connectivity index (χ1) is 9.08. The molecule has 0 bridgehead atoms. The Bertz CT molecular complexity index is 569. The van der Waals surface area contributed by atoms with E-state index in [0.29, 0.717) is 5.92 Å². The number of hydrogen-bond acceptors (Lipinski definition) is 1. The molecule has 1 amide bonds. The van der Waals surface area contributed by atoms with Crippen LogP contribution in [0, 0.1) is 11.8 Å². The fourth-order valence-electron chi connectivity index (χ4n) is 2.40. The van der Waals surface area contributed by atoms with Crippen molar-refractivity contribution in [2.45, 2.75) is 27.2 Å². The molecule has 0 aliphatic rings. The maximum absolute atomic E-state index is 12.2. The predicted octanol–water partition coefficient (Wildman–Crippen LogP) is 4.46. The topological polar surface area (TPSA) is 29.1 Å². The van der Waals surface area contributed by atoms with Gasteiger partial charge in [-0.3, -0.25) is 4.79 Å². The summed E-state index contributed by atoms with van der Waals surface area (Å²) >= 11 is 0. The van der Waals surface area contributed by atoms with Crippen molar-refractivity contribution in [1.82, 2.24) is 0 Å². The van der Waals surface area contributed by atoms with Crippen molar-refractivity contribution in [1.29, 1.82) is 0 Å². The Balaban J connectivity index is 2.19. The van der Waals surface area contributed by atoms with E-state index in [2.05, 4.69) is 31.3 Å². The van der Waals surface area contributed by atoms with Gasteiger partial charge in [0.1, 0.15) is 0 Å². The highest BCUT2D eigenvalue weighted by Crippen LogP contribution is 2.24. The minimum atomic E-state index is 0.0407. The second-order valence-electron chi connectivity index (χ2n) is 5.55. The zero-order chi connectivity index (χ0) is 13.8. The first-order valence-corrected chi connectivity index (χ1v) is 6.86. The zero-order valence-electron chi connectivity index (χ0n) is 11.8. The molecule has 1 N–H and O–H groups in total. The number of amides is 1. The average Bonchev–Trinajstić information content (AvgIpc) is 2.38. The van der Waals surface area contributed by atoms with E-state index >= 15 is 0 Å². The molecule has 0 fully saturated rings. The molecule has 0 aliphatic heterocycles. The Morgan fingerprint density at radius 1 is 1.05 bits per heavy atom. The molecule has 0 heterocycles. The van der Waals surface area contributed by atoms with Gasteiger partial charge in [-0.15, -0.1) is 0 Å². The summed E-state index contributed by atoms with van der Waals surface area (Å²) in [5.74, 6) is 0.678. The highest BCUT2D eigenvalue weighted by atomic mass is 16.1. The fraction of sp³-hybridized carbons (Fsp3) is 0.353. The Morgan fingerprint density at radius 2 is 1.74 bits per heavy atom. The van der Waals surface area contributed by atoms with Gasteiger partial charge in [-0.1, -0.05) is 57.2 Å². The first-order valence-electron chi connectivity index (χ1n) is 6.86. The monoisotopic (exact) mass is 255 g/mol. The van der Waals surface area contributed by atoms with E-state index in [9.17, 15) is 4.79 Å². The minimum absolute atomic E-state index is 0.0407. The predicted molar refractivity (Wildman–Crippen MR) is 81.2 cm³/mol. The summed E-state index contributed by atoms with van der Waals surface area (Å²) in [6.45, 7) is 6.27. The van der Waals surface area contributed by atoms with Crippen LogP contribution in [0.15, 0.2) is 42.5 Å². The highest BCUT2D eigenvalue weighted by Gasteiger charge is 2.15. The molecular weight excluding hydrogens is 234 g/mol. The molecule has 19 heavy (non-hydrogen) atoms. The molecule has 1 unspecified atom stereocenters. The van der Waals surface area contributed by atoms with Gasteiger partial charge in [-0.05, 0) is 23.8 Å². The number of rotatable bonds is 4.